The third-order valence-electron chi connectivity index (χ3n) is 3.32. The molecule has 0 aliphatic carbocycles. The molecule has 0 saturated carbocycles. The molecule has 0 aliphatic heterocycles. The lowest BCUT2D eigenvalue weighted by Crippen LogP contribution is -2.37. The molecule has 2 aromatic rings. The molecule has 3 N–H and O–H groups in total. The minimum absolute atomic E-state index is 0.0227. The van der Waals surface area contributed by atoms with Crippen LogP contribution in [0.5, 0.6) is 5.75 Å². The molecule has 0 aromatic heterocycles. The molecule has 0 spiro atoms. The van der Waals surface area contributed by atoms with E-state index in [-0.39, 0.29) is 11.9 Å². The number of ether oxygens (including phenoxy) is 1. The highest BCUT2D eigenvalue weighted by atomic mass is 16.5. The molecule has 4 nitrogen and oxygen atoms in total. The highest BCUT2D eigenvalue weighted by Crippen LogP contribution is 2.25. The summed E-state index contributed by atoms with van der Waals surface area (Å²) in [5.74, 6) is 0.887. The first-order chi connectivity index (χ1) is 10.2. The Balaban J connectivity index is 1.82. The fraction of sp³-hybridized carbons (Fsp3) is 0.353. The fourth-order valence-electron chi connectivity index (χ4n) is 2.14. The summed E-state index contributed by atoms with van der Waals surface area (Å²) < 4.78 is 5.80. The molecule has 0 fully saturated rings. The van der Waals surface area contributed by atoms with Gasteiger partial charge in [-0.15, -0.1) is 0 Å². The topological polar surface area (TPSA) is 64.3 Å². The maximum atomic E-state index is 11.6. The van der Waals surface area contributed by atoms with Crippen LogP contribution in [0.15, 0.2) is 42.5 Å². The van der Waals surface area contributed by atoms with E-state index in [1.54, 1.807) is 0 Å². The van der Waals surface area contributed by atoms with E-state index in [1.807, 2.05) is 37.3 Å². The first kappa shape index (κ1) is 15.3. The van der Waals surface area contributed by atoms with Gasteiger partial charge in [-0.1, -0.05) is 36.4 Å². The van der Waals surface area contributed by atoms with Crippen molar-refractivity contribution in [3.63, 3.8) is 0 Å². The molecule has 21 heavy (non-hydrogen) atoms. The minimum Gasteiger partial charge on any atom is -0.493 e. The molecule has 112 valence electrons. The molecule has 0 unspecified atom stereocenters. The summed E-state index contributed by atoms with van der Waals surface area (Å²) in [6.07, 6.45) is 1.14. The molecule has 0 saturated heterocycles. The summed E-state index contributed by atoms with van der Waals surface area (Å²) in [4.78, 5) is 11.6. The number of carbonyl (C=O) groups excluding carboxylic acids is 1. The van der Waals surface area contributed by atoms with Crippen molar-refractivity contribution in [2.75, 3.05) is 13.2 Å². The molecule has 0 bridgehead atoms. The number of nitrogens with one attached hydrogen (secondary N) is 1. The summed E-state index contributed by atoms with van der Waals surface area (Å²) in [7, 11) is 0. The van der Waals surface area contributed by atoms with Gasteiger partial charge in [0.05, 0.1) is 6.61 Å². The van der Waals surface area contributed by atoms with Gasteiger partial charge >= 0.3 is 0 Å². The summed E-state index contributed by atoms with van der Waals surface area (Å²) in [6.45, 7) is 2.88. The lowest BCUT2D eigenvalue weighted by Gasteiger charge is -2.12. The van der Waals surface area contributed by atoms with Crippen LogP contribution in [-0.2, 0) is 4.79 Å². The van der Waals surface area contributed by atoms with Crippen molar-refractivity contribution < 1.29 is 9.53 Å². The molecule has 1 amide bonds. The molecule has 0 heterocycles. The summed E-state index contributed by atoms with van der Waals surface area (Å²) in [6, 6.07) is 14.1. The van der Waals surface area contributed by atoms with Crippen molar-refractivity contribution in [2.24, 2.45) is 5.73 Å². The first-order valence-corrected chi connectivity index (χ1v) is 7.30. The smallest absolute Gasteiger partial charge is 0.220 e. The molecular formula is C17H22N2O2. The number of hydrogen-bond acceptors (Lipinski definition) is 3. The van der Waals surface area contributed by atoms with Crippen LogP contribution in [0.2, 0.25) is 0 Å². The van der Waals surface area contributed by atoms with E-state index >= 15 is 0 Å². The van der Waals surface area contributed by atoms with E-state index in [0.717, 1.165) is 16.5 Å². The van der Waals surface area contributed by atoms with Gasteiger partial charge in [0.15, 0.2) is 0 Å². The van der Waals surface area contributed by atoms with Crippen molar-refractivity contribution in [3.05, 3.63) is 42.5 Å². The van der Waals surface area contributed by atoms with Gasteiger partial charge < -0.3 is 15.8 Å². The molecule has 2 aromatic carbocycles. The summed E-state index contributed by atoms with van der Waals surface area (Å²) in [5.41, 5.74) is 5.46. The van der Waals surface area contributed by atoms with Gasteiger partial charge in [0, 0.05) is 24.4 Å². The van der Waals surface area contributed by atoms with Gasteiger partial charge in [-0.2, -0.15) is 0 Å². The minimum atomic E-state index is 0.0227. The Labute approximate surface area is 125 Å². The van der Waals surface area contributed by atoms with Crippen LogP contribution < -0.4 is 15.8 Å². The van der Waals surface area contributed by atoms with Gasteiger partial charge in [-0.25, -0.2) is 0 Å². The lowest BCUT2D eigenvalue weighted by molar-refractivity contribution is -0.121. The zero-order valence-corrected chi connectivity index (χ0v) is 12.3. The van der Waals surface area contributed by atoms with Gasteiger partial charge in [0.25, 0.3) is 0 Å². The quantitative estimate of drug-likeness (QED) is 0.768. The second-order valence-corrected chi connectivity index (χ2v) is 5.13. The highest BCUT2D eigenvalue weighted by molar-refractivity contribution is 5.88. The van der Waals surface area contributed by atoms with Crippen molar-refractivity contribution in [2.45, 2.75) is 25.8 Å². The fourth-order valence-corrected chi connectivity index (χ4v) is 2.14. The van der Waals surface area contributed by atoms with Crippen LogP contribution in [0.3, 0.4) is 0 Å². The van der Waals surface area contributed by atoms with Crippen LogP contribution in [0.4, 0.5) is 0 Å². The summed E-state index contributed by atoms with van der Waals surface area (Å²) in [5, 5.41) is 5.09. The predicted octanol–water partition coefficient (Wildman–Crippen LogP) is 2.46. The Morgan fingerprint density at radius 3 is 2.81 bits per heavy atom. The molecule has 0 radical (unpaired) electrons. The monoisotopic (exact) mass is 286 g/mol. The maximum Gasteiger partial charge on any atom is 0.220 e. The Morgan fingerprint density at radius 1 is 1.24 bits per heavy atom. The number of fused-ring (bicyclic) bond motifs is 1. The number of carbonyl (C=O) groups is 1. The largest absolute Gasteiger partial charge is 0.493 e. The normalized spacial score (nSPS) is 12.1. The average molecular weight is 286 g/mol. The standard InChI is InChI=1S/C17H22N2O2/c1-13(12-18)19-17(20)10-5-11-21-16-9-4-7-14-6-2-3-8-15(14)16/h2-4,6-9,13H,5,10-12,18H2,1H3,(H,19,20)/t13-/m0/s1. The summed E-state index contributed by atoms with van der Waals surface area (Å²) >= 11 is 0. The second-order valence-electron chi connectivity index (χ2n) is 5.13. The Hall–Kier alpha value is -2.07. The van der Waals surface area contributed by atoms with E-state index in [2.05, 4.69) is 17.4 Å². The van der Waals surface area contributed by atoms with E-state index < -0.39 is 0 Å². The van der Waals surface area contributed by atoms with E-state index in [9.17, 15) is 4.79 Å². The lowest BCUT2D eigenvalue weighted by atomic mass is 10.1. The molecule has 0 aliphatic rings. The van der Waals surface area contributed by atoms with E-state index in [4.69, 9.17) is 10.5 Å². The predicted molar refractivity (Wildman–Crippen MR) is 85.3 cm³/mol. The average Bonchev–Trinajstić information content (AvgIpc) is 2.51. The Morgan fingerprint density at radius 2 is 2.00 bits per heavy atom. The molecule has 2 rings (SSSR count). The van der Waals surface area contributed by atoms with Crippen LogP contribution in [-0.4, -0.2) is 25.1 Å². The van der Waals surface area contributed by atoms with Gasteiger partial charge in [-0.05, 0) is 24.8 Å². The molecular weight excluding hydrogens is 264 g/mol. The zero-order valence-electron chi connectivity index (χ0n) is 12.3. The number of rotatable bonds is 7. The third-order valence-corrected chi connectivity index (χ3v) is 3.32. The molecule has 1 atom stereocenters. The zero-order chi connectivity index (χ0) is 15.1. The first-order valence-electron chi connectivity index (χ1n) is 7.30. The maximum absolute atomic E-state index is 11.6. The van der Waals surface area contributed by atoms with E-state index in [0.29, 0.717) is 26.0 Å². The second kappa shape index (κ2) is 7.64. The van der Waals surface area contributed by atoms with Gasteiger partial charge in [-0.3, -0.25) is 4.79 Å². The SMILES string of the molecule is C[C@@H](CN)NC(=O)CCCOc1cccc2ccccc12. The molecule has 4 heteroatoms. The van der Waals surface area contributed by atoms with Gasteiger partial charge in [0.1, 0.15) is 5.75 Å². The van der Waals surface area contributed by atoms with Crippen LogP contribution in [0, 0.1) is 0 Å². The van der Waals surface area contributed by atoms with Crippen LogP contribution in [0.1, 0.15) is 19.8 Å². The van der Waals surface area contributed by atoms with Crippen LogP contribution >= 0.6 is 0 Å². The Kier molecular flexibility index (Phi) is 5.58. The highest BCUT2D eigenvalue weighted by Gasteiger charge is 2.06. The van der Waals surface area contributed by atoms with Crippen molar-refractivity contribution in [1.29, 1.82) is 0 Å². The van der Waals surface area contributed by atoms with Crippen molar-refractivity contribution in [1.82, 2.24) is 5.32 Å². The Bertz CT molecular complexity index is 593. The van der Waals surface area contributed by atoms with Crippen molar-refractivity contribution >= 4 is 16.7 Å². The van der Waals surface area contributed by atoms with Crippen molar-refractivity contribution in [3.8, 4) is 5.75 Å². The number of benzene rings is 2. The van der Waals surface area contributed by atoms with Crippen LogP contribution in [0.25, 0.3) is 10.8 Å². The number of amides is 1. The number of hydrogen-bond donors (Lipinski definition) is 2. The van der Waals surface area contributed by atoms with E-state index in [1.165, 1.54) is 0 Å². The van der Waals surface area contributed by atoms with Gasteiger partial charge in [0.2, 0.25) is 5.91 Å². The number of nitrogens with two attached hydrogens (primary N) is 1. The third kappa shape index (κ3) is 4.46.